The SMILES string of the molecule is CC(COC(=O)C(C)(C)OCC(C)(C)COC(C)(C)C(=O)OCC(C)OC(C)(C)C(=O)CCC(=O)OCCO)OC(C)(C)C(=O)CCC(=O)OCCO. The molecule has 0 aliphatic rings. The number of rotatable bonds is 28. The minimum Gasteiger partial charge on any atom is -0.463 e. The Morgan fingerprint density at radius 2 is 0.811 bits per heavy atom. The van der Waals surface area contributed by atoms with Gasteiger partial charge < -0.3 is 48.1 Å². The number of hydrogen-bond donors (Lipinski definition) is 2. The molecule has 0 aromatic heterocycles. The molecule has 16 nitrogen and oxygen atoms in total. The molecule has 0 saturated heterocycles. The third-order valence-electron chi connectivity index (χ3n) is 7.68. The highest BCUT2D eigenvalue weighted by molar-refractivity contribution is 5.89. The number of aliphatic hydroxyl groups excluding tert-OH is 2. The summed E-state index contributed by atoms with van der Waals surface area (Å²) in [5.41, 5.74) is -5.90. The van der Waals surface area contributed by atoms with Crippen molar-refractivity contribution in [3.05, 3.63) is 0 Å². The molecule has 308 valence electrons. The average molecular weight is 765 g/mol. The van der Waals surface area contributed by atoms with Gasteiger partial charge in [-0.1, -0.05) is 13.8 Å². The number of hydrogen-bond acceptors (Lipinski definition) is 16. The monoisotopic (exact) mass is 764 g/mol. The van der Waals surface area contributed by atoms with Crippen molar-refractivity contribution < 1.29 is 76.9 Å². The number of Topliss-reactive ketones (excluding diaryl/α,β-unsaturated/α-hetero) is 2. The highest BCUT2D eigenvalue weighted by Crippen LogP contribution is 2.25. The Kier molecular flexibility index (Phi) is 21.1. The zero-order valence-electron chi connectivity index (χ0n) is 33.7. The summed E-state index contributed by atoms with van der Waals surface area (Å²) in [6.07, 6.45) is -1.86. The van der Waals surface area contributed by atoms with Crippen LogP contribution in [0, 0.1) is 5.41 Å². The molecular weight excluding hydrogens is 700 g/mol. The number of carbonyl (C=O) groups is 6. The summed E-state index contributed by atoms with van der Waals surface area (Å²) >= 11 is 0. The molecule has 2 unspecified atom stereocenters. The Morgan fingerprint density at radius 1 is 0.491 bits per heavy atom. The van der Waals surface area contributed by atoms with Crippen LogP contribution in [-0.4, -0.2) is 133 Å². The average Bonchev–Trinajstić information content (AvgIpc) is 3.06. The van der Waals surface area contributed by atoms with Crippen LogP contribution >= 0.6 is 0 Å². The maximum Gasteiger partial charge on any atom is 0.337 e. The topological polar surface area (TPSA) is 217 Å². The Balaban J connectivity index is 4.83. The first-order valence-corrected chi connectivity index (χ1v) is 17.8. The Morgan fingerprint density at radius 3 is 1.11 bits per heavy atom. The van der Waals surface area contributed by atoms with Crippen LogP contribution in [0.3, 0.4) is 0 Å². The van der Waals surface area contributed by atoms with E-state index in [-0.39, 0.29) is 90.1 Å². The lowest BCUT2D eigenvalue weighted by atomic mass is 9.95. The van der Waals surface area contributed by atoms with Gasteiger partial charge in [-0.25, -0.2) is 9.59 Å². The lowest BCUT2D eigenvalue weighted by Crippen LogP contribution is -2.45. The summed E-state index contributed by atoms with van der Waals surface area (Å²) in [5.74, 6) is -3.21. The number of ketones is 2. The van der Waals surface area contributed by atoms with E-state index in [1.54, 1.807) is 69.2 Å². The van der Waals surface area contributed by atoms with Crippen molar-refractivity contribution in [3.63, 3.8) is 0 Å². The molecule has 0 bridgehead atoms. The minimum atomic E-state index is -1.36. The number of esters is 4. The molecule has 0 aromatic carbocycles. The molecule has 0 aromatic rings. The van der Waals surface area contributed by atoms with E-state index >= 15 is 0 Å². The summed E-state index contributed by atoms with van der Waals surface area (Å²) in [7, 11) is 0. The normalized spacial score (nSPS) is 13.8. The van der Waals surface area contributed by atoms with Crippen LogP contribution < -0.4 is 0 Å². The van der Waals surface area contributed by atoms with E-state index in [4.69, 9.17) is 48.1 Å². The third-order valence-corrected chi connectivity index (χ3v) is 7.68. The Bertz CT molecular complexity index is 1110. The number of carbonyl (C=O) groups excluding carboxylic acids is 6. The van der Waals surface area contributed by atoms with Gasteiger partial charge in [-0.05, 0) is 69.2 Å². The quantitative estimate of drug-likeness (QED) is 0.0865. The van der Waals surface area contributed by atoms with Crippen LogP contribution in [0.1, 0.15) is 109 Å². The zero-order valence-corrected chi connectivity index (χ0v) is 33.7. The van der Waals surface area contributed by atoms with Gasteiger partial charge in [0.1, 0.15) is 37.6 Å². The van der Waals surface area contributed by atoms with E-state index in [0.717, 1.165) is 0 Å². The van der Waals surface area contributed by atoms with Crippen LogP contribution in [0.4, 0.5) is 0 Å². The zero-order chi connectivity index (χ0) is 41.3. The summed E-state index contributed by atoms with van der Waals surface area (Å²) < 4.78 is 43.8. The van der Waals surface area contributed by atoms with Crippen LogP contribution in [0.5, 0.6) is 0 Å². The fraction of sp³-hybridized carbons (Fsp3) is 0.838. The molecule has 0 fully saturated rings. The summed E-state index contributed by atoms with van der Waals surface area (Å²) in [4.78, 5) is 74.3. The first-order valence-electron chi connectivity index (χ1n) is 17.8. The summed E-state index contributed by atoms with van der Waals surface area (Å²) in [5, 5.41) is 17.5. The second-order valence-corrected chi connectivity index (χ2v) is 15.6. The first kappa shape index (κ1) is 50.0. The second kappa shape index (κ2) is 22.4. The third kappa shape index (κ3) is 20.3. The molecular formula is C37H64O16. The van der Waals surface area contributed by atoms with Crippen LogP contribution in [0.15, 0.2) is 0 Å². The Labute approximate surface area is 313 Å². The van der Waals surface area contributed by atoms with Crippen molar-refractivity contribution >= 4 is 35.4 Å². The minimum absolute atomic E-state index is 0.0572. The summed E-state index contributed by atoms with van der Waals surface area (Å²) in [6, 6.07) is 0. The standard InChI is InChI=1S/C37H64O16/c1-25(52-34(5,6)27(40)13-15-29(42)46-19-17-38)21-48-31(44)36(9,10)50-23-33(3,4)24-51-37(11,12)32(45)49-22-26(2)53-35(7,8)28(41)14-16-30(43)47-20-18-39/h25-26,38-39H,13-24H2,1-12H3. The van der Waals surface area contributed by atoms with E-state index in [0.29, 0.717) is 0 Å². The fourth-order valence-corrected chi connectivity index (χ4v) is 4.35. The largest absolute Gasteiger partial charge is 0.463 e. The van der Waals surface area contributed by atoms with E-state index in [9.17, 15) is 28.8 Å². The first-order chi connectivity index (χ1) is 24.2. The van der Waals surface area contributed by atoms with Gasteiger partial charge in [0.25, 0.3) is 0 Å². The van der Waals surface area contributed by atoms with Crippen molar-refractivity contribution in [2.45, 2.75) is 143 Å². The molecule has 0 heterocycles. The van der Waals surface area contributed by atoms with Crippen LogP contribution in [0.2, 0.25) is 0 Å². The van der Waals surface area contributed by atoms with Gasteiger partial charge in [-0.15, -0.1) is 0 Å². The molecule has 0 amide bonds. The molecule has 0 saturated carbocycles. The van der Waals surface area contributed by atoms with E-state index in [1.807, 2.05) is 13.8 Å². The van der Waals surface area contributed by atoms with Gasteiger partial charge in [0, 0.05) is 18.3 Å². The van der Waals surface area contributed by atoms with Gasteiger partial charge in [0.05, 0.1) is 51.5 Å². The number of aliphatic hydroxyl groups is 2. The highest BCUT2D eigenvalue weighted by Gasteiger charge is 2.38. The molecule has 16 heteroatoms. The molecule has 53 heavy (non-hydrogen) atoms. The smallest absolute Gasteiger partial charge is 0.337 e. The van der Waals surface area contributed by atoms with E-state index < -0.39 is 63.9 Å². The van der Waals surface area contributed by atoms with Gasteiger partial charge in [-0.3, -0.25) is 19.2 Å². The lowest BCUT2D eigenvalue weighted by Gasteiger charge is -2.33. The fourth-order valence-electron chi connectivity index (χ4n) is 4.35. The van der Waals surface area contributed by atoms with Crippen molar-refractivity contribution in [1.82, 2.24) is 0 Å². The van der Waals surface area contributed by atoms with Crippen molar-refractivity contribution in [2.24, 2.45) is 5.41 Å². The van der Waals surface area contributed by atoms with Gasteiger partial charge in [0.2, 0.25) is 0 Å². The molecule has 0 aliphatic carbocycles. The van der Waals surface area contributed by atoms with Crippen molar-refractivity contribution in [1.29, 1.82) is 0 Å². The van der Waals surface area contributed by atoms with E-state index in [1.165, 1.54) is 0 Å². The van der Waals surface area contributed by atoms with Crippen LogP contribution in [-0.2, 0) is 66.7 Å². The van der Waals surface area contributed by atoms with Gasteiger partial charge >= 0.3 is 23.9 Å². The summed E-state index contributed by atoms with van der Waals surface area (Å²) in [6.45, 7) is 18.3. The molecule has 0 radical (unpaired) electrons. The highest BCUT2D eigenvalue weighted by atomic mass is 16.6. The van der Waals surface area contributed by atoms with Gasteiger partial charge in [-0.2, -0.15) is 0 Å². The predicted molar refractivity (Wildman–Crippen MR) is 190 cm³/mol. The maximum absolute atomic E-state index is 12.9. The van der Waals surface area contributed by atoms with Gasteiger partial charge in [0.15, 0.2) is 22.8 Å². The molecule has 0 aliphatic heterocycles. The molecule has 0 rings (SSSR count). The molecule has 2 atom stereocenters. The predicted octanol–water partition coefficient (Wildman–Crippen LogP) is 2.83. The number of ether oxygens (including phenoxy) is 8. The van der Waals surface area contributed by atoms with Crippen molar-refractivity contribution in [2.75, 3.05) is 52.9 Å². The molecule has 0 spiro atoms. The lowest BCUT2D eigenvalue weighted by molar-refractivity contribution is -0.186. The van der Waals surface area contributed by atoms with Crippen LogP contribution in [0.25, 0.3) is 0 Å². The van der Waals surface area contributed by atoms with E-state index in [2.05, 4.69) is 0 Å². The van der Waals surface area contributed by atoms with Crippen molar-refractivity contribution in [3.8, 4) is 0 Å². The maximum atomic E-state index is 12.9. The molecule has 2 N–H and O–H groups in total. The Hall–Kier alpha value is -3.02. The second-order valence-electron chi connectivity index (χ2n) is 15.6.